The van der Waals surface area contributed by atoms with Crippen molar-refractivity contribution in [3.63, 3.8) is 0 Å². The molecule has 7 rings (SSSR count). The molecule has 4 aromatic rings. The van der Waals surface area contributed by atoms with Gasteiger partial charge in [-0.15, -0.1) is 11.3 Å². The average molecular weight is 543 g/mol. The number of ether oxygens (including phenoxy) is 1. The second kappa shape index (κ2) is 10.5. The molecule has 0 radical (unpaired) electrons. The van der Waals surface area contributed by atoms with Crippen molar-refractivity contribution >= 4 is 34.0 Å². The van der Waals surface area contributed by atoms with E-state index >= 15 is 0 Å². The highest BCUT2D eigenvalue weighted by atomic mass is 32.1. The van der Waals surface area contributed by atoms with Crippen molar-refractivity contribution in [2.45, 2.75) is 43.7 Å². The number of morpholine rings is 1. The molecule has 1 saturated carbocycles. The third kappa shape index (κ3) is 5.12. The highest BCUT2D eigenvalue weighted by Crippen LogP contribution is 2.39. The number of pyridine rings is 1. The van der Waals surface area contributed by atoms with E-state index in [0.717, 1.165) is 74.2 Å². The van der Waals surface area contributed by atoms with E-state index < -0.39 is 0 Å². The summed E-state index contributed by atoms with van der Waals surface area (Å²) in [5.41, 5.74) is 5.10. The molecule has 3 fully saturated rings. The molecule has 9 heteroatoms. The highest BCUT2D eigenvalue weighted by Gasteiger charge is 2.29. The van der Waals surface area contributed by atoms with Gasteiger partial charge >= 0.3 is 0 Å². The molecule has 39 heavy (non-hydrogen) atoms. The van der Waals surface area contributed by atoms with E-state index in [2.05, 4.69) is 51.1 Å². The van der Waals surface area contributed by atoms with Crippen LogP contribution in [-0.2, 0) is 11.3 Å². The summed E-state index contributed by atoms with van der Waals surface area (Å²) >= 11 is 1.74. The van der Waals surface area contributed by atoms with Crippen molar-refractivity contribution in [3.8, 4) is 0 Å². The number of nitrogens with zero attached hydrogens (tertiary/aromatic N) is 4. The van der Waals surface area contributed by atoms with Gasteiger partial charge in [-0.1, -0.05) is 12.1 Å². The van der Waals surface area contributed by atoms with Gasteiger partial charge in [0.25, 0.3) is 5.56 Å². The van der Waals surface area contributed by atoms with Crippen molar-refractivity contribution in [2.75, 3.05) is 45.2 Å². The second-order valence-corrected chi connectivity index (χ2v) is 12.1. The predicted octanol–water partition coefficient (Wildman–Crippen LogP) is 4.60. The number of likely N-dealkylation sites (N-methyl/N-ethyl adjacent to an activating group) is 1. The SMILES string of the molecule is CN1CCOC(c2ccc(Nc3ncc4cc(C5CC5)c(=O)n(Cc5sccc5C5CCNC5)c4n3)cc2)C1. The Morgan fingerprint density at radius 3 is 2.77 bits per heavy atom. The Morgan fingerprint density at radius 1 is 1.13 bits per heavy atom. The van der Waals surface area contributed by atoms with Crippen molar-refractivity contribution < 1.29 is 4.74 Å². The first kappa shape index (κ1) is 24.9. The molecule has 8 nitrogen and oxygen atoms in total. The first-order valence-electron chi connectivity index (χ1n) is 14.0. The number of hydrogen-bond donors (Lipinski definition) is 2. The van der Waals surface area contributed by atoms with Crippen molar-refractivity contribution in [3.05, 3.63) is 79.9 Å². The molecule has 0 spiro atoms. The van der Waals surface area contributed by atoms with Crippen molar-refractivity contribution in [1.29, 1.82) is 0 Å². The van der Waals surface area contributed by atoms with Crippen LogP contribution in [0.2, 0.25) is 0 Å². The van der Waals surface area contributed by atoms with Crippen LogP contribution in [-0.4, -0.2) is 59.3 Å². The van der Waals surface area contributed by atoms with E-state index in [9.17, 15) is 4.79 Å². The number of anilines is 2. The lowest BCUT2D eigenvalue weighted by Crippen LogP contribution is -2.35. The molecular formula is C30H34N6O2S. The fourth-order valence-electron chi connectivity index (χ4n) is 5.87. The average Bonchev–Trinajstić information content (AvgIpc) is 3.44. The Labute approximate surface area is 232 Å². The minimum Gasteiger partial charge on any atom is -0.371 e. The Hall–Kier alpha value is -3.11. The molecule has 2 unspecified atom stereocenters. The van der Waals surface area contributed by atoms with Crippen LogP contribution in [0.1, 0.15) is 58.8 Å². The molecule has 2 aliphatic heterocycles. The molecule has 2 N–H and O–H groups in total. The van der Waals surface area contributed by atoms with Crippen LogP contribution in [0.25, 0.3) is 11.0 Å². The molecule has 1 aromatic carbocycles. The molecular weight excluding hydrogens is 508 g/mol. The Bertz CT molecular complexity index is 1540. The molecule has 3 aromatic heterocycles. The number of hydrogen-bond acceptors (Lipinski definition) is 8. The quantitative estimate of drug-likeness (QED) is 0.353. The van der Waals surface area contributed by atoms with Gasteiger partial charge in [-0.2, -0.15) is 4.98 Å². The monoisotopic (exact) mass is 542 g/mol. The summed E-state index contributed by atoms with van der Waals surface area (Å²) in [6.45, 7) is 5.20. The van der Waals surface area contributed by atoms with Crippen LogP contribution in [0.15, 0.2) is 52.8 Å². The van der Waals surface area contributed by atoms with Gasteiger partial charge in [0.1, 0.15) is 5.65 Å². The van der Waals surface area contributed by atoms with Crippen molar-refractivity contribution in [2.24, 2.45) is 0 Å². The van der Waals surface area contributed by atoms with Crippen LogP contribution in [0.3, 0.4) is 0 Å². The van der Waals surface area contributed by atoms with Gasteiger partial charge in [-0.05, 0) is 85.5 Å². The molecule has 202 valence electrons. The van der Waals surface area contributed by atoms with Gasteiger partial charge in [0.05, 0.1) is 19.3 Å². The smallest absolute Gasteiger partial charge is 0.256 e. The summed E-state index contributed by atoms with van der Waals surface area (Å²) in [4.78, 5) is 26.8. The lowest BCUT2D eigenvalue weighted by atomic mass is 9.99. The molecule has 2 saturated heterocycles. The second-order valence-electron chi connectivity index (χ2n) is 11.1. The van der Waals surface area contributed by atoms with E-state index in [-0.39, 0.29) is 11.7 Å². The predicted molar refractivity (Wildman–Crippen MR) is 155 cm³/mol. The summed E-state index contributed by atoms with van der Waals surface area (Å²) < 4.78 is 7.84. The third-order valence-electron chi connectivity index (χ3n) is 8.26. The molecule has 0 amide bonds. The largest absolute Gasteiger partial charge is 0.371 e. The van der Waals surface area contributed by atoms with Crippen LogP contribution in [0, 0.1) is 0 Å². The summed E-state index contributed by atoms with van der Waals surface area (Å²) in [6.07, 6.45) is 5.24. The number of rotatable bonds is 7. The van der Waals surface area contributed by atoms with Gasteiger partial charge in [0, 0.05) is 47.3 Å². The summed E-state index contributed by atoms with van der Waals surface area (Å²) in [7, 11) is 2.13. The number of fused-ring (bicyclic) bond motifs is 1. The lowest BCUT2D eigenvalue weighted by Gasteiger charge is -2.30. The number of benzene rings is 1. The molecule has 2 atom stereocenters. The highest BCUT2D eigenvalue weighted by molar-refractivity contribution is 7.10. The van der Waals surface area contributed by atoms with Gasteiger partial charge in [-0.3, -0.25) is 9.36 Å². The maximum absolute atomic E-state index is 13.8. The molecule has 1 aliphatic carbocycles. The Balaban J connectivity index is 1.20. The fraction of sp³-hybridized carbons (Fsp3) is 0.433. The minimum absolute atomic E-state index is 0.0837. The molecule has 5 heterocycles. The fourth-order valence-corrected chi connectivity index (χ4v) is 6.82. The zero-order valence-electron chi connectivity index (χ0n) is 22.2. The Morgan fingerprint density at radius 2 is 2.00 bits per heavy atom. The van der Waals surface area contributed by atoms with Gasteiger partial charge in [-0.25, -0.2) is 4.98 Å². The van der Waals surface area contributed by atoms with Crippen LogP contribution >= 0.6 is 11.3 Å². The van der Waals surface area contributed by atoms with Gasteiger partial charge in [0.15, 0.2) is 0 Å². The van der Waals surface area contributed by atoms with Crippen LogP contribution in [0.5, 0.6) is 0 Å². The van der Waals surface area contributed by atoms with E-state index in [1.165, 1.54) is 10.4 Å². The number of aromatic nitrogens is 3. The number of nitrogens with one attached hydrogen (secondary N) is 2. The maximum atomic E-state index is 13.8. The van der Waals surface area contributed by atoms with Gasteiger partial charge < -0.3 is 20.3 Å². The van der Waals surface area contributed by atoms with E-state index in [1.807, 2.05) is 29.0 Å². The third-order valence-corrected chi connectivity index (χ3v) is 9.18. The number of thiophene rings is 1. The lowest BCUT2D eigenvalue weighted by molar-refractivity contribution is -0.0208. The van der Waals surface area contributed by atoms with Gasteiger partial charge in [0.2, 0.25) is 5.95 Å². The zero-order valence-corrected chi connectivity index (χ0v) is 23.0. The summed E-state index contributed by atoms with van der Waals surface area (Å²) in [5, 5.41) is 9.90. The first-order chi connectivity index (χ1) is 19.1. The van der Waals surface area contributed by atoms with E-state index in [4.69, 9.17) is 9.72 Å². The van der Waals surface area contributed by atoms with Crippen molar-refractivity contribution in [1.82, 2.24) is 24.8 Å². The van der Waals surface area contributed by atoms with E-state index in [0.29, 0.717) is 30.0 Å². The first-order valence-corrected chi connectivity index (χ1v) is 14.8. The maximum Gasteiger partial charge on any atom is 0.256 e. The summed E-state index contributed by atoms with van der Waals surface area (Å²) in [5.74, 6) is 1.36. The van der Waals surface area contributed by atoms with Crippen LogP contribution < -0.4 is 16.2 Å². The van der Waals surface area contributed by atoms with Crippen LogP contribution in [0.4, 0.5) is 11.6 Å². The molecule has 3 aliphatic rings. The zero-order chi connectivity index (χ0) is 26.3. The Kier molecular flexibility index (Phi) is 6.68. The standard InChI is InChI=1S/C30H34N6O2S/c1-35-11-12-38-26(17-35)20-4-6-23(7-5-20)33-30-32-16-22-14-25(19-2-3-19)29(37)36(28(22)34-30)18-27-24(9-13-39-27)21-8-10-31-15-21/h4-7,9,13-14,16,19,21,26,31H,2-3,8,10-12,15,17-18H2,1H3,(H,32,33,34). The normalized spacial score (nSPS) is 22.0. The molecule has 0 bridgehead atoms. The van der Waals surface area contributed by atoms with E-state index in [1.54, 1.807) is 11.3 Å². The summed E-state index contributed by atoms with van der Waals surface area (Å²) in [6, 6.07) is 12.5. The topological polar surface area (TPSA) is 84.3 Å². The minimum atomic E-state index is 0.0837.